The van der Waals surface area contributed by atoms with Gasteiger partial charge in [-0.1, -0.05) is 19.9 Å². The summed E-state index contributed by atoms with van der Waals surface area (Å²) in [4.78, 5) is 0. The molecule has 0 fully saturated rings. The van der Waals surface area contributed by atoms with Crippen molar-refractivity contribution in [1.29, 1.82) is 0 Å². The Balaban J connectivity index is 2.20. The molecule has 1 aliphatic carbocycles. The number of hydrogen-bond donors (Lipinski definition) is 1. The lowest BCUT2D eigenvalue weighted by atomic mass is 9.66. The van der Waals surface area contributed by atoms with Crippen LogP contribution in [-0.2, 0) is 0 Å². The van der Waals surface area contributed by atoms with Gasteiger partial charge in [-0.25, -0.2) is 0 Å². The molecule has 0 spiro atoms. The number of aliphatic hydroxyl groups is 1. The van der Waals surface area contributed by atoms with Gasteiger partial charge < -0.3 is 24.1 Å². The second kappa shape index (κ2) is 7.69. The van der Waals surface area contributed by atoms with E-state index in [-0.39, 0.29) is 17.8 Å². The molecule has 0 amide bonds. The zero-order valence-corrected chi connectivity index (χ0v) is 16.8. The first-order valence-corrected chi connectivity index (χ1v) is 9.12. The minimum atomic E-state index is -0.550. The zero-order chi connectivity index (χ0) is 19.7. The molecule has 0 bridgehead atoms. The van der Waals surface area contributed by atoms with Crippen LogP contribution in [0.15, 0.2) is 30.3 Å². The van der Waals surface area contributed by atoms with Crippen molar-refractivity contribution in [3.8, 4) is 23.0 Å². The van der Waals surface area contributed by atoms with Crippen LogP contribution in [0.3, 0.4) is 0 Å². The van der Waals surface area contributed by atoms with E-state index in [1.807, 2.05) is 24.3 Å². The molecular weight excluding hydrogens is 344 g/mol. The maximum absolute atomic E-state index is 10.9. The minimum Gasteiger partial charge on any atom is -0.493 e. The number of rotatable bonds is 5. The van der Waals surface area contributed by atoms with Crippen molar-refractivity contribution < 1.29 is 24.1 Å². The Labute approximate surface area is 160 Å². The molecule has 0 aromatic heterocycles. The number of ether oxygens (including phenoxy) is 4. The second-order valence-corrected chi connectivity index (χ2v) is 7.09. The maximum atomic E-state index is 10.9. The molecule has 0 aliphatic heterocycles. The van der Waals surface area contributed by atoms with Crippen LogP contribution in [-0.4, -0.2) is 33.5 Å². The topological polar surface area (TPSA) is 57.2 Å². The average molecular weight is 372 g/mol. The van der Waals surface area contributed by atoms with Gasteiger partial charge in [0.05, 0.1) is 34.5 Å². The quantitative estimate of drug-likeness (QED) is 0.854. The first-order valence-electron chi connectivity index (χ1n) is 9.12. The largest absolute Gasteiger partial charge is 0.493 e. The van der Waals surface area contributed by atoms with Crippen molar-refractivity contribution in [2.45, 2.75) is 25.9 Å². The maximum Gasteiger partial charge on any atom is 0.161 e. The van der Waals surface area contributed by atoms with Gasteiger partial charge >= 0.3 is 0 Å². The van der Waals surface area contributed by atoms with E-state index in [9.17, 15) is 5.11 Å². The summed E-state index contributed by atoms with van der Waals surface area (Å²) in [5.74, 6) is 3.10. The summed E-state index contributed by atoms with van der Waals surface area (Å²) in [5.41, 5.74) is 3.06. The highest BCUT2D eigenvalue weighted by atomic mass is 16.5. The Kier molecular flexibility index (Phi) is 5.51. The molecule has 0 radical (unpaired) electrons. The standard InChI is InChI=1S/C22H28O5/c1-12-13(2)22(23)16-11-20(27-6)19(26-5)10-15(16)21(12)14-7-8-17(24-3)18(9-14)25-4/h7-13,21-23H,1-6H3/t12-,13+,21-,22-/m0/s1. The molecular formula is C22H28O5. The lowest BCUT2D eigenvalue weighted by Gasteiger charge is -2.40. The number of methoxy groups -OCH3 is 4. The molecule has 0 unspecified atom stereocenters. The summed E-state index contributed by atoms with van der Waals surface area (Å²) in [5, 5.41) is 10.9. The summed E-state index contributed by atoms with van der Waals surface area (Å²) >= 11 is 0. The van der Waals surface area contributed by atoms with Crippen LogP contribution in [0.2, 0.25) is 0 Å². The van der Waals surface area contributed by atoms with Crippen molar-refractivity contribution in [3.63, 3.8) is 0 Å². The molecule has 5 heteroatoms. The SMILES string of the molecule is COc1ccc([C@H]2c3cc(OC)c(OC)cc3[C@@H](O)[C@H](C)[C@@H]2C)cc1OC. The normalized spacial score (nSPS) is 24.1. The summed E-state index contributed by atoms with van der Waals surface area (Å²) in [6.45, 7) is 4.26. The second-order valence-electron chi connectivity index (χ2n) is 7.09. The molecule has 1 N–H and O–H groups in total. The number of hydrogen-bond acceptors (Lipinski definition) is 5. The predicted octanol–water partition coefficient (Wildman–Crippen LogP) is 4.17. The lowest BCUT2D eigenvalue weighted by molar-refractivity contribution is 0.0684. The molecule has 5 nitrogen and oxygen atoms in total. The van der Waals surface area contributed by atoms with E-state index in [1.165, 1.54) is 0 Å². The fraction of sp³-hybridized carbons (Fsp3) is 0.455. The van der Waals surface area contributed by atoms with Crippen LogP contribution < -0.4 is 18.9 Å². The van der Waals surface area contributed by atoms with E-state index in [0.29, 0.717) is 23.0 Å². The monoisotopic (exact) mass is 372 g/mol. The predicted molar refractivity (Wildman–Crippen MR) is 104 cm³/mol. The highest BCUT2D eigenvalue weighted by Crippen LogP contribution is 2.51. The Morgan fingerprint density at radius 2 is 1.19 bits per heavy atom. The molecule has 4 atom stereocenters. The molecule has 0 heterocycles. The van der Waals surface area contributed by atoms with Gasteiger partial charge in [-0.2, -0.15) is 0 Å². The first-order chi connectivity index (χ1) is 13.0. The molecule has 27 heavy (non-hydrogen) atoms. The molecule has 2 aromatic carbocycles. The average Bonchev–Trinajstić information content (AvgIpc) is 2.71. The zero-order valence-electron chi connectivity index (χ0n) is 16.8. The van der Waals surface area contributed by atoms with Crippen LogP contribution >= 0.6 is 0 Å². The van der Waals surface area contributed by atoms with Gasteiger partial charge in [-0.15, -0.1) is 0 Å². The van der Waals surface area contributed by atoms with E-state index in [4.69, 9.17) is 18.9 Å². The highest BCUT2D eigenvalue weighted by Gasteiger charge is 2.39. The van der Waals surface area contributed by atoms with Crippen molar-refractivity contribution in [3.05, 3.63) is 47.0 Å². The van der Waals surface area contributed by atoms with Gasteiger partial charge in [0.2, 0.25) is 0 Å². The molecule has 146 valence electrons. The Bertz CT molecular complexity index is 817. The number of fused-ring (bicyclic) bond motifs is 1. The van der Waals surface area contributed by atoms with Crippen molar-refractivity contribution in [2.75, 3.05) is 28.4 Å². The Morgan fingerprint density at radius 1 is 0.667 bits per heavy atom. The molecule has 3 rings (SSSR count). The third-order valence-electron chi connectivity index (χ3n) is 5.86. The van der Waals surface area contributed by atoms with Gasteiger partial charge in [-0.3, -0.25) is 0 Å². The first kappa shape index (κ1) is 19.4. The van der Waals surface area contributed by atoms with E-state index in [2.05, 4.69) is 19.9 Å². The third-order valence-corrected chi connectivity index (χ3v) is 5.86. The Hall–Kier alpha value is -2.40. The smallest absolute Gasteiger partial charge is 0.161 e. The molecule has 2 aromatic rings. The summed E-state index contributed by atoms with van der Waals surface area (Å²) in [6.07, 6.45) is -0.550. The van der Waals surface area contributed by atoms with Gasteiger partial charge in [0.1, 0.15) is 0 Å². The summed E-state index contributed by atoms with van der Waals surface area (Å²) < 4.78 is 21.8. The van der Waals surface area contributed by atoms with Crippen molar-refractivity contribution in [1.82, 2.24) is 0 Å². The molecule has 0 saturated carbocycles. The van der Waals surface area contributed by atoms with E-state index >= 15 is 0 Å². The minimum absolute atomic E-state index is 0.0914. The van der Waals surface area contributed by atoms with Gasteiger partial charge in [-0.05, 0) is 52.8 Å². The lowest BCUT2D eigenvalue weighted by Crippen LogP contribution is -2.30. The van der Waals surface area contributed by atoms with Gasteiger partial charge in [0, 0.05) is 5.92 Å². The van der Waals surface area contributed by atoms with Crippen molar-refractivity contribution in [2.24, 2.45) is 11.8 Å². The highest BCUT2D eigenvalue weighted by molar-refractivity contribution is 5.54. The Morgan fingerprint density at radius 3 is 1.74 bits per heavy atom. The summed E-state index contributed by atoms with van der Waals surface area (Å²) in [7, 11) is 6.50. The van der Waals surface area contributed by atoms with Gasteiger partial charge in [0.15, 0.2) is 23.0 Å². The van der Waals surface area contributed by atoms with E-state index in [0.717, 1.165) is 16.7 Å². The summed E-state index contributed by atoms with van der Waals surface area (Å²) in [6, 6.07) is 9.89. The van der Waals surface area contributed by atoms with Crippen LogP contribution in [0.5, 0.6) is 23.0 Å². The van der Waals surface area contributed by atoms with Crippen molar-refractivity contribution >= 4 is 0 Å². The third kappa shape index (κ3) is 3.21. The number of benzene rings is 2. The fourth-order valence-corrected chi connectivity index (χ4v) is 4.12. The molecule has 1 aliphatic rings. The van der Waals surface area contributed by atoms with Crippen LogP contribution in [0, 0.1) is 11.8 Å². The van der Waals surface area contributed by atoms with Gasteiger partial charge in [0.25, 0.3) is 0 Å². The fourth-order valence-electron chi connectivity index (χ4n) is 4.12. The van der Waals surface area contributed by atoms with E-state index < -0.39 is 6.10 Å². The van der Waals surface area contributed by atoms with E-state index in [1.54, 1.807) is 28.4 Å². The molecule has 0 saturated heterocycles. The van der Waals surface area contributed by atoms with Crippen LogP contribution in [0.1, 0.15) is 42.6 Å². The number of aliphatic hydroxyl groups excluding tert-OH is 1. The van der Waals surface area contributed by atoms with Crippen LogP contribution in [0.25, 0.3) is 0 Å². The van der Waals surface area contributed by atoms with Crippen LogP contribution in [0.4, 0.5) is 0 Å².